The van der Waals surface area contributed by atoms with Gasteiger partial charge in [0.1, 0.15) is 5.78 Å². The fourth-order valence-corrected chi connectivity index (χ4v) is 8.48. The zero-order chi connectivity index (χ0) is 19.4. The van der Waals surface area contributed by atoms with Crippen LogP contribution in [0.4, 0.5) is 0 Å². The molecule has 0 spiro atoms. The van der Waals surface area contributed by atoms with Gasteiger partial charge in [0.25, 0.3) is 0 Å². The molecule has 0 aliphatic heterocycles. The van der Waals surface area contributed by atoms with Crippen molar-refractivity contribution in [3.05, 3.63) is 11.6 Å². The van der Waals surface area contributed by atoms with E-state index >= 15 is 0 Å². The maximum atomic E-state index is 12.9. The Bertz CT molecular complexity index is 673. The number of hydrogen-bond acceptors (Lipinski definition) is 4. The number of aliphatic carboxylic acids is 1. The molecule has 0 saturated heterocycles. The van der Waals surface area contributed by atoms with Gasteiger partial charge in [-0.2, -0.15) is 11.8 Å². The first kappa shape index (κ1) is 19.5. The van der Waals surface area contributed by atoms with E-state index < -0.39 is 5.97 Å². The molecule has 4 nitrogen and oxygen atoms in total. The van der Waals surface area contributed by atoms with E-state index in [9.17, 15) is 14.7 Å². The van der Waals surface area contributed by atoms with Crippen LogP contribution in [0.1, 0.15) is 65.2 Å². The quantitative estimate of drug-likeness (QED) is 0.706. The molecular weight excluding hydrogens is 360 g/mol. The standard InChI is InChI=1S/C22H32O4S/c1-21-8-5-14(23)11-13(21)3-4-15-16(21)6-9-22(2)18(24)12-17(20(15)22)27-10-7-19(25)26/h3,14-17,20,23H,4-12H2,1-2H3,(H,25,26)/t14-,15+,16-,17-,20+,21-,22+/m0/s1. The molecule has 4 aliphatic rings. The minimum atomic E-state index is -0.755. The summed E-state index contributed by atoms with van der Waals surface area (Å²) in [5.74, 6) is 1.72. The monoisotopic (exact) mass is 392 g/mol. The maximum absolute atomic E-state index is 12.9. The van der Waals surface area contributed by atoms with Crippen molar-refractivity contribution in [3.8, 4) is 0 Å². The molecule has 0 amide bonds. The Balaban J connectivity index is 1.61. The predicted octanol–water partition coefficient (Wildman–Crippen LogP) is 4.07. The molecule has 0 bridgehead atoms. The average Bonchev–Trinajstić information content (AvgIpc) is 2.86. The molecule has 2 N–H and O–H groups in total. The van der Waals surface area contributed by atoms with Crippen LogP contribution in [-0.4, -0.2) is 39.1 Å². The van der Waals surface area contributed by atoms with Gasteiger partial charge in [0.05, 0.1) is 12.5 Å². The number of rotatable bonds is 4. The number of allylic oxidation sites excluding steroid dienone is 1. The first-order valence-corrected chi connectivity index (χ1v) is 11.5. The summed E-state index contributed by atoms with van der Waals surface area (Å²) in [5.41, 5.74) is 1.40. The number of Topliss-reactive ketones (excluding diaryl/α,β-unsaturated/α-hetero) is 1. The highest BCUT2D eigenvalue weighted by molar-refractivity contribution is 8.00. The third-order valence-corrected chi connectivity index (χ3v) is 9.73. The van der Waals surface area contributed by atoms with Gasteiger partial charge in [0.2, 0.25) is 0 Å². The highest BCUT2D eigenvalue weighted by Gasteiger charge is 2.61. The minimum Gasteiger partial charge on any atom is -0.481 e. The van der Waals surface area contributed by atoms with Crippen molar-refractivity contribution in [2.75, 3.05) is 5.75 Å². The number of carbonyl (C=O) groups is 2. The number of ketones is 1. The number of fused-ring (bicyclic) bond motifs is 5. The molecule has 0 aromatic carbocycles. The molecule has 4 rings (SSSR count). The van der Waals surface area contributed by atoms with Gasteiger partial charge in [-0.15, -0.1) is 0 Å². The number of carbonyl (C=O) groups excluding carboxylic acids is 1. The van der Waals surface area contributed by atoms with Crippen molar-refractivity contribution < 1.29 is 19.8 Å². The van der Waals surface area contributed by atoms with Gasteiger partial charge in [0, 0.05) is 22.8 Å². The fraction of sp³-hybridized carbons (Fsp3) is 0.818. The van der Waals surface area contributed by atoms with Crippen molar-refractivity contribution in [1.29, 1.82) is 0 Å². The van der Waals surface area contributed by atoms with Crippen LogP contribution in [0.15, 0.2) is 11.6 Å². The second-order valence-electron chi connectivity index (χ2n) is 9.71. The van der Waals surface area contributed by atoms with Crippen LogP contribution in [0, 0.1) is 28.6 Å². The van der Waals surface area contributed by atoms with E-state index in [2.05, 4.69) is 19.9 Å². The lowest BCUT2D eigenvalue weighted by Crippen LogP contribution is -2.52. The van der Waals surface area contributed by atoms with Crippen LogP contribution in [0.3, 0.4) is 0 Å². The molecule has 3 fully saturated rings. The van der Waals surface area contributed by atoms with E-state index in [0.29, 0.717) is 35.7 Å². The zero-order valence-corrected chi connectivity index (χ0v) is 17.3. The third-order valence-electron chi connectivity index (χ3n) is 8.40. The van der Waals surface area contributed by atoms with Crippen LogP contribution in [0.25, 0.3) is 0 Å². The molecule has 3 saturated carbocycles. The molecule has 0 aromatic heterocycles. The Labute approximate surface area is 166 Å². The van der Waals surface area contributed by atoms with E-state index in [4.69, 9.17) is 5.11 Å². The SMILES string of the molecule is C[C@]12CC[C@H](O)CC1=CC[C@H]1[C@@H]3[C@@H](SCCC(=O)O)CC(=O)[C@@]3(C)CC[C@@H]12. The van der Waals surface area contributed by atoms with Crippen molar-refractivity contribution in [3.63, 3.8) is 0 Å². The predicted molar refractivity (Wildman–Crippen MR) is 107 cm³/mol. The number of aliphatic hydroxyl groups is 1. The topological polar surface area (TPSA) is 74.6 Å². The van der Waals surface area contributed by atoms with Gasteiger partial charge < -0.3 is 10.2 Å². The normalized spacial score (nSPS) is 46.3. The smallest absolute Gasteiger partial charge is 0.304 e. The van der Waals surface area contributed by atoms with Crippen molar-refractivity contribution in [2.24, 2.45) is 28.6 Å². The van der Waals surface area contributed by atoms with Crippen LogP contribution in [-0.2, 0) is 9.59 Å². The van der Waals surface area contributed by atoms with E-state index in [1.54, 1.807) is 11.8 Å². The minimum absolute atomic E-state index is 0.172. The van der Waals surface area contributed by atoms with Crippen LogP contribution in [0.5, 0.6) is 0 Å². The van der Waals surface area contributed by atoms with Crippen LogP contribution >= 0.6 is 11.8 Å². The summed E-state index contributed by atoms with van der Waals surface area (Å²) in [4.78, 5) is 23.9. The molecule has 150 valence electrons. The van der Waals surface area contributed by atoms with Crippen molar-refractivity contribution in [1.82, 2.24) is 0 Å². The summed E-state index contributed by atoms with van der Waals surface area (Å²) >= 11 is 1.72. The Hall–Kier alpha value is -0.810. The number of aliphatic hydroxyl groups excluding tert-OH is 1. The highest BCUT2D eigenvalue weighted by atomic mass is 32.2. The molecule has 5 heteroatoms. The lowest BCUT2D eigenvalue weighted by atomic mass is 9.48. The Morgan fingerprint density at radius 2 is 1.96 bits per heavy atom. The van der Waals surface area contributed by atoms with Crippen molar-refractivity contribution >= 4 is 23.5 Å². The van der Waals surface area contributed by atoms with Gasteiger partial charge in [-0.1, -0.05) is 25.5 Å². The molecule has 7 atom stereocenters. The largest absolute Gasteiger partial charge is 0.481 e. The van der Waals surface area contributed by atoms with Crippen LogP contribution < -0.4 is 0 Å². The molecule has 27 heavy (non-hydrogen) atoms. The van der Waals surface area contributed by atoms with Gasteiger partial charge >= 0.3 is 5.97 Å². The zero-order valence-electron chi connectivity index (χ0n) is 16.4. The lowest BCUT2D eigenvalue weighted by Gasteiger charge is -2.57. The Morgan fingerprint density at radius 3 is 2.70 bits per heavy atom. The summed E-state index contributed by atoms with van der Waals surface area (Å²) in [6.45, 7) is 4.58. The lowest BCUT2D eigenvalue weighted by molar-refractivity contribution is -0.136. The summed E-state index contributed by atoms with van der Waals surface area (Å²) < 4.78 is 0. The van der Waals surface area contributed by atoms with Crippen LogP contribution in [0.2, 0.25) is 0 Å². The maximum Gasteiger partial charge on any atom is 0.304 e. The van der Waals surface area contributed by atoms with Crippen molar-refractivity contribution in [2.45, 2.75) is 76.6 Å². The molecule has 0 unspecified atom stereocenters. The number of hydrogen-bond donors (Lipinski definition) is 2. The molecule has 0 heterocycles. The first-order chi connectivity index (χ1) is 12.8. The van der Waals surface area contributed by atoms with E-state index in [-0.39, 0.29) is 28.6 Å². The van der Waals surface area contributed by atoms with E-state index in [1.807, 2.05) is 0 Å². The summed E-state index contributed by atoms with van der Waals surface area (Å²) in [5, 5.41) is 19.4. The van der Waals surface area contributed by atoms with Gasteiger partial charge in [-0.3, -0.25) is 9.59 Å². The molecular formula is C22H32O4S. The fourth-order valence-electron chi connectivity index (χ4n) is 6.91. The summed E-state index contributed by atoms with van der Waals surface area (Å²) in [6, 6.07) is 0. The average molecular weight is 393 g/mol. The number of carboxylic acid groups (broad SMARTS) is 1. The first-order valence-electron chi connectivity index (χ1n) is 10.5. The molecule has 0 radical (unpaired) electrons. The molecule has 4 aliphatic carbocycles. The number of thioether (sulfide) groups is 1. The van der Waals surface area contributed by atoms with E-state index in [1.165, 1.54) is 5.57 Å². The summed E-state index contributed by atoms with van der Waals surface area (Å²) in [6.07, 6.45) is 8.83. The van der Waals surface area contributed by atoms with Gasteiger partial charge in [-0.25, -0.2) is 0 Å². The van der Waals surface area contributed by atoms with Gasteiger partial charge in [0.15, 0.2) is 0 Å². The Kier molecular flexibility index (Phi) is 4.99. The van der Waals surface area contributed by atoms with E-state index in [0.717, 1.165) is 38.5 Å². The number of carboxylic acids is 1. The second-order valence-corrected chi connectivity index (χ2v) is 11.1. The highest BCUT2D eigenvalue weighted by Crippen LogP contribution is 2.65. The second kappa shape index (κ2) is 6.91. The summed E-state index contributed by atoms with van der Waals surface area (Å²) in [7, 11) is 0. The van der Waals surface area contributed by atoms with Gasteiger partial charge in [-0.05, 0) is 61.7 Å². The Morgan fingerprint density at radius 1 is 1.22 bits per heavy atom. The third kappa shape index (κ3) is 3.09. The molecule has 0 aromatic rings.